The Morgan fingerprint density at radius 2 is 1.58 bits per heavy atom. The predicted molar refractivity (Wildman–Crippen MR) is 176 cm³/mol. The van der Waals surface area contributed by atoms with Crippen LogP contribution >= 0.6 is 0 Å². The lowest BCUT2D eigenvalue weighted by molar-refractivity contribution is -0.143. The molecular formula is C37H30F6N4O5. The van der Waals surface area contributed by atoms with E-state index in [1.54, 1.807) is 55.7 Å². The van der Waals surface area contributed by atoms with Crippen LogP contribution in [0.2, 0.25) is 0 Å². The first-order valence-electron chi connectivity index (χ1n) is 15.8. The van der Waals surface area contributed by atoms with Gasteiger partial charge in [0.25, 0.3) is 0 Å². The summed E-state index contributed by atoms with van der Waals surface area (Å²) in [6.07, 6.45) is -9.26. The van der Waals surface area contributed by atoms with Crippen molar-refractivity contribution in [3.63, 3.8) is 0 Å². The van der Waals surface area contributed by atoms with Crippen LogP contribution in [0.15, 0.2) is 79.1 Å². The van der Waals surface area contributed by atoms with Gasteiger partial charge in [-0.1, -0.05) is 12.1 Å². The second-order valence-electron chi connectivity index (χ2n) is 12.4. The average molecular weight is 725 g/mol. The third-order valence-electron chi connectivity index (χ3n) is 8.83. The van der Waals surface area contributed by atoms with Crippen LogP contribution in [0.4, 0.5) is 31.1 Å². The molecule has 3 heterocycles. The molecule has 15 heteroatoms. The van der Waals surface area contributed by atoms with Gasteiger partial charge in [-0.3, -0.25) is 4.90 Å². The molecule has 1 aliphatic heterocycles. The quantitative estimate of drug-likeness (QED) is 0.159. The second-order valence-corrected chi connectivity index (χ2v) is 12.4. The van der Waals surface area contributed by atoms with Gasteiger partial charge >= 0.3 is 24.4 Å². The molecule has 1 fully saturated rings. The molecule has 5 aromatic rings. The van der Waals surface area contributed by atoms with Crippen molar-refractivity contribution in [2.75, 3.05) is 7.11 Å². The van der Waals surface area contributed by atoms with Crippen molar-refractivity contribution >= 4 is 12.1 Å². The van der Waals surface area contributed by atoms with Crippen LogP contribution < -0.4 is 4.74 Å². The number of halogens is 6. The minimum atomic E-state index is -5.09. The van der Waals surface area contributed by atoms with E-state index < -0.39 is 53.3 Å². The lowest BCUT2D eigenvalue weighted by Crippen LogP contribution is -2.32. The Bertz CT molecular complexity index is 2160. The van der Waals surface area contributed by atoms with Crippen LogP contribution in [0.5, 0.6) is 5.75 Å². The Labute approximate surface area is 293 Å². The highest BCUT2D eigenvalue weighted by atomic mass is 19.4. The number of rotatable bonds is 8. The minimum absolute atomic E-state index is 0.0188. The molecule has 0 aliphatic carbocycles. The van der Waals surface area contributed by atoms with Crippen molar-refractivity contribution in [1.82, 2.24) is 19.7 Å². The zero-order valence-corrected chi connectivity index (χ0v) is 28.0. The number of alkyl halides is 6. The topological polar surface area (TPSA) is 107 Å². The molecule has 9 nitrogen and oxygen atoms in total. The van der Waals surface area contributed by atoms with Crippen LogP contribution in [0, 0.1) is 13.8 Å². The number of hydrogen-bond donors (Lipinski definition) is 1. The van der Waals surface area contributed by atoms with Crippen molar-refractivity contribution in [3.05, 3.63) is 118 Å². The van der Waals surface area contributed by atoms with E-state index in [9.17, 15) is 41.0 Å². The number of carbonyl (C=O) groups is 2. The number of carbonyl (C=O) groups excluding carboxylic acids is 1. The van der Waals surface area contributed by atoms with Gasteiger partial charge in [-0.15, -0.1) is 0 Å². The fourth-order valence-electron chi connectivity index (χ4n) is 6.19. The number of pyridine rings is 1. The van der Waals surface area contributed by atoms with E-state index in [1.807, 2.05) is 13.0 Å². The zero-order chi connectivity index (χ0) is 37.7. The van der Waals surface area contributed by atoms with Gasteiger partial charge in [0.15, 0.2) is 5.82 Å². The Morgan fingerprint density at radius 1 is 0.904 bits per heavy atom. The molecule has 0 bridgehead atoms. The summed E-state index contributed by atoms with van der Waals surface area (Å²) < 4.78 is 94.7. The summed E-state index contributed by atoms with van der Waals surface area (Å²) in [4.78, 5) is 30.9. The van der Waals surface area contributed by atoms with E-state index >= 15 is 0 Å². The van der Waals surface area contributed by atoms with Crippen molar-refractivity contribution in [2.45, 2.75) is 51.8 Å². The minimum Gasteiger partial charge on any atom is -0.496 e. The van der Waals surface area contributed by atoms with Crippen LogP contribution in [-0.4, -0.2) is 50.0 Å². The largest absolute Gasteiger partial charge is 0.496 e. The fourth-order valence-corrected chi connectivity index (χ4v) is 6.19. The maximum atomic E-state index is 13.7. The molecule has 1 saturated heterocycles. The fraction of sp³-hybridized carbons (Fsp3) is 0.243. The Kier molecular flexibility index (Phi) is 9.23. The third-order valence-corrected chi connectivity index (χ3v) is 8.83. The number of carboxylic acid groups (broad SMARTS) is 1. The monoisotopic (exact) mass is 724 g/mol. The highest BCUT2D eigenvalue weighted by molar-refractivity contribution is 5.89. The molecule has 0 radical (unpaired) electrons. The maximum Gasteiger partial charge on any atom is 0.416 e. The summed E-state index contributed by atoms with van der Waals surface area (Å²) in [6, 6.07) is 13.6. The van der Waals surface area contributed by atoms with Crippen LogP contribution in [0.3, 0.4) is 0 Å². The molecule has 52 heavy (non-hydrogen) atoms. The van der Waals surface area contributed by atoms with E-state index in [2.05, 4.69) is 5.10 Å². The summed E-state index contributed by atoms with van der Waals surface area (Å²) in [5.41, 5.74) is 0.928. The zero-order valence-electron chi connectivity index (χ0n) is 28.0. The number of cyclic esters (lactones) is 1. The summed E-state index contributed by atoms with van der Waals surface area (Å²) in [7, 11) is 1.47. The Morgan fingerprint density at radius 3 is 2.15 bits per heavy atom. The SMILES string of the molecule is COc1ccc(-c2ccc(C(=O)O)cc2C)cc1-c1ccc(-n2cc(C)cn2)nc1CN1C(=O)O[C@H](c2cc(C(F)(F)F)cc(C(F)(F)F)c2)[C@@H]1C. The van der Waals surface area contributed by atoms with Gasteiger partial charge in [0.1, 0.15) is 11.9 Å². The van der Waals surface area contributed by atoms with E-state index in [0.717, 1.165) is 11.1 Å². The van der Waals surface area contributed by atoms with E-state index in [0.29, 0.717) is 51.6 Å². The van der Waals surface area contributed by atoms with Gasteiger partial charge in [-0.05, 0) is 103 Å². The first-order valence-corrected chi connectivity index (χ1v) is 15.8. The molecule has 1 N–H and O–H groups in total. The third kappa shape index (κ3) is 7.02. The number of aromatic nitrogens is 3. The van der Waals surface area contributed by atoms with Crippen molar-refractivity contribution in [2.24, 2.45) is 0 Å². The molecule has 0 unspecified atom stereocenters. The molecule has 270 valence electrons. The van der Waals surface area contributed by atoms with Gasteiger partial charge in [0, 0.05) is 17.3 Å². The summed E-state index contributed by atoms with van der Waals surface area (Å²) in [6.45, 7) is 4.82. The van der Waals surface area contributed by atoms with Gasteiger partial charge in [-0.25, -0.2) is 19.3 Å². The lowest BCUT2D eigenvalue weighted by Gasteiger charge is -2.23. The Balaban J connectivity index is 1.44. The number of nitrogens with zero attached hydrogens (tertiary/aromatic N) is 4. The van der Waals surface area contributed by atoms with Crippen LogP contribution in [0.1, 0.15) is 56.9 Å². The number of hydrogen-bond acceptors (Lipinski definition) is 6. The maximum absolute atomic E-state index is 13.7. The first-order chi connectivity index (χ1) is 24.4. The molecule has 2 aromatic heterocycles. The number of benzene rings is 3. The number of amides is 1. The van der Waals surface area contributed by atoms with Crippen molar-refractivity contribution in [1.29, 1.82) is 0 Å². The molecule has 0 spiro atoms. The number of aryl methyl sites for hydroxylation is 2. The standard InChI is InChI=1S/C37H30F6N4O5/c1-19-16-44-47(17-19)32-10-8-28(29-14-22(6-9-31(29)51-4)27-7-5-23(34(48)49)11-20(27)2)30(45-32)18-46-21(3)33(52-35(46)50)24-12-25(36(38,39)40)15-26(13-24)37(41,42)43/h5-17,21,33H,18H2,1-4H3,(H,48,49)/t21-,33-/m0/s1. The number of ether oxygens (including phenoxy) is 2. The second kappa shape index (κ2) is 13.4. The predicted octanol–water partition coefficient (Wildman–Crippen LogP) is 9.04. The first kappa shape index (κ1) is 35.9. The summed E-state index contributed by atoms with van der Waals surface area (Å²) >= 11 is 0. The normalized spacial score (nSPS) is 16.3. The molecule has 1 amide bonds. The number of methoxy groups -OCH3 is 1. The van der Waals surface area contributed by atoms with Crippen molar-refractivity contribution < 1.29 is 50.5 Å². The highest BCUT2D eigenvalue weighted by Gasteiger charge is 2.43. The molecule has 1 aliphatic rings. The molecular weight excluding hydrogens is 694 g/mol. The molecule has 6 rings (SSSR count). The summed E-state index contributed by atoms with van der Waals surface area (Å²) in [5.74, 6) is -0.279. The molecule has 0 saturated carbocycles. The average Bonchev–Trinajstić information content (AvgIpc) is 3.65. The van der Waals surface area contributed by atoms with Gasteiger partial charge in [-0.2, -0.15) is 31.4 Å². The van der Waals surface area contributed by atoms with Crippen LogP contribution in [-0.2, 0) is 23.6 Å². The molecule has 2 atom stereocenters. The lowest BCUT2D eigenvalue weighted by atomic mass is 9.93. The van der Waals surface area contributed by atoms with E-state index in [1.165, 1.54) is 29.7 Å². The Hall–Kier alpha value is -5.86. The number of carboxylic acids is 1. The van der Waals surface area contributed by atoms with E-state index in [4.69, 9.17) is 14.5 Å². The summed E-state index contributed by atoms with van der Waals surface area (Å²) in [5, 5.41) is 13.8. The molecule has 3 aromatic carbocycles. The van der Waals surface area contributed by atoms with Crippen LogP contribution in [0.25, 0.3) is 28.1 Å². The number of aromatic carboxylic acids is 1. The van der Waals surface area contributed by atoms with Gasteiger partial charge in [0.05, 0.1) is 48.3 Å². The smallest absolute Gasteiger partial charge is 0.416 e. The highest BCUT2D eigenvalue weighted by Crippen LogP contribution is 2.42. The van der Waals surface area contributed by atoms with Crippen molar-refractivity contribution in [3.8, 4) is 33.8 Å². The van der Waals surface area contributed by atoms with Gasteiger partial charge < -0.3 is 14.6 Å². The van der Waals surface area contributed by atoms with Gasteiger partial charge in [0.2, 0.25) is 0 Å². The van der Waals surface area contributed by atoms with E-state index in [-0.39, 0.29) is 18.2 Å².